The number of benzene rings is 1. The molecule has 8 heteroatoms. The number of aromatic nitrogens is 2. The van der Waals surface area contributed by atoms with Crippen molar-refractivity contribution in [1.82, 2.24) is 19.8 Å². The van der Waals surface area contributed by atoms with Crippen LogP contribution < -0.4 is 10.1 Å². The Labute approximate surface area is 182 Å². The number of likely N-dealkylation sites (tertiary alicyclic amines) is 1. The minimum atomic E-state index is -0.0545. The molecule has 31 heavy (non-hydrogen) atoms. The van der Waals surface area contributed by atoms with Gasteiger partial charge in [-0.3, -0.25) is 9.59 Å². The number of para-hydroxylation sites is 1. The predicted molar refractivity (Wildman–Crippen MR) is 117 cm³/mol. The van der Waals surface area contributed by atoms with Crippen LogP contribution in [0.1, 0.15) is 42.8 Å². The van der Waals surface area contributed by atoms with E-state index in [4.69, 9.17) is 14.7 Å². The summed E-state index contributed by atoms with van der Waals surface area (Å²) in [5.74, 6) is 2.41. The van der Waals surface area contributed by atoms with E-state index in [0.717, 1.165) is 42.3 Å². The Morgan fingerprint density at radius 2 is 1.97 bits per heavy atom. The minimum absolute atomic E-state index is 0.00632. The Morgan fingerprint density at radius 3 is 2.71 bits per heavy atom. The fourth-order valence-corrected chi connectivity index (χ4v) is 4.28. The molecule has 1 saturated heterocycles. The molecule has 2 aromatic rings. The molecule has 0 aliphatic carbocycles. The summed E-state index contributed by atoms with van der Waals surface area (Å²) in [5.41, 5.74) is 1.95. The summed E-state index contributed by atoms with van der Waals surface area (Å²) >= 11 is 0. The van der Waals surface area contributed by atoms with Gasteiger partial charge in [0, 0.05) is 45.1 Å². The van der Waals surface area contributed by atoms with Gasteiger partial charge < -0.3 is 19.9 Å². The first-order valence-electron chi connectivity index (χ1n) is 10.8. The largest absolute Gasteiger partial charge is 0.484 e. The van der Waals surface area contributed by atoms with Gasteiger partial charge in [-0.25, -0.2) is 9.97 Å². The van der Waals surface area contributed by atoms with Crippen LogP contribution in [0.5, 0.6) is 5.75 Å². The zero-order chi connectivity index (χ0) is 21.8. The third-order valence-electron chi connectivity index (χ3n) is 6.01. The van der Waals surface area contributed by atoms with Crippen molar-refractivity contribution in [2.24, 2.45) is 0 Å². The number of carbonyl (C=O) groups is 2. The molecule has 0 saturated carbocycles. The summed E-state index contributed by atoms with van der Waals surface area (Å²) in [6.45, 7) is 4.11. The lowest BCUT2D eigenvalue weighted by atomic mass is 9.96. The summed E-state index contributed by atoms with van der Waals surface area (Å²) in [6, 6.07) is 9.35. The standard InChI is InChI=1S/C23H29N5O3/c1-16(29)27-11-6-7-17(13-27)22-25-20-14-28(12-10-19(20)23(24-2)26-22)21(30)15-31-18-8-4-3-5-9-18/h3-5,8-9,17H,6-7,10-15H2,1-2H3,(H,24,25,26). The van der Waals surface area contributed by atoms with E-state index in [0.29, 0.717) is 31.8 Å². The van der Waals surface area contributed by atoms with E-state index in [2.05, 4.69) is 5.32 Å². The van der Waals surface area contributed by atoms with Gasteiger partial charge in [-0.05, 0) is 31.4 Å². The number of nitrogens with zero attached hydrogens (tertiary/aromatic N) is 4. The van der Waals surface area contributed by atoms with Crippen molar-refractivity contribution in [3.63, 3.8) is 0 Å². The van der Waals surface area contributed by atoms with Crippen LogP contribution in [0, 0.1) is 0 Å². The zero-order valence-corrected chi connectivity index (χ0v) is 18.1. The molecule has 2 amide bonds. The number of nitrogens with one attached hydrogen (secondary N) is 1. The Morgan fingerprint density at radius 1 is 1.16 bits per heavy atom. The molecule has 1 fully saturated rings. The maximum Gasteiger partial charge on any atom is 0.260 e. The first-order chi connectivity index (χ1) is 15.0. The molecule has 164 valence electrons. The molecule has 1 N–H and O–H groups in total. The lowest BCUT2D eigenvalue weighted by Crippen LogP contribution is -2.40. The highest BCUT2D eigenvalue weighted by atomic mass is 16.5. The molecule has 1 unspecified atom stereocenters. The van der Waals surface area contributed by atoms with E-state index < -0.39 is 0 Å². The molecule has 4 rings (SSSR count). The lowest BCUT2D eigenvalue weighted by Gasteiger charge is -2.33. The fourth-order valence-electron chi connectivity index (χ4n) is 4.28. The van der Waals surface area contributed by atoms with Gasteiger partial charge in [-0.15, -0.1) is 0 Å². The van der Waals surface area contributed by atoms with Crippen molar-refractivity contribution in [2.45, 2.75) is 38.6 Å². The first kappa shape index (κ1) is 21.1. The fraction of sp³-hybridized carbons (Fsp3) is 0.478. The molecule has 3 heterocycles. The average molecular weight is 424 g/mol. The number of carbonyl (C=O) groups excluding carboxylic acids is 2. The van der Waals surface area contributed by atoms with Crippen molar-refractivity contribution in [2.75, 3.05) is 38.6 Å². The van der Waals surface area contributed by atoms with E-state index >= 15 is 0 Å². The van der Waals surface area contributed by atoms with Crippen LogP contribution in [-0.4, -0.2) is 64.9 Å². The van der Waals surface area contributed by atoms with Crippen LogP contribution in [0.25, 0.3) is 0 Å². The number of hydrogen-bond acceptors (Lipinski definition) is 6. The number of amides is 2. The highest BCUT2D eigenvalue weighted by Crippen LogP contribution is 2.30. The maximum atomic E-state index is 12.7. The van der Waals surface area contributed by atoms with Crippen LogP contribution in [0.3, 0.4) is 0 Å². The summed E-state index contributed by atoms with van der Waals surface area (Å²) in [7, 11) is 1.86. The van der Waals surface area contributed by atoms with E-state index in [9.17, 15) is 9.59 Å². The quantitative estimate of drug-likeness (QED) is 0.793. The van der Waals surface area contributed by atoms with Gasteiger partial charge in [0.1, 0.15) is 17.4 Å². The monoisotopic (exact) mass is 423 g/mol. The topological polar surface area (TPSA) is 87.7 Å². The smallest absolute Gasteiger partial charge is 0.260 e. The zero-order valence-electron chi connectivity index (χ0n) is 18.1. The van der Waals surface area contributed by atoms with Crippen molar-refractivity contribution in [1.29, 1.82) is 0 Å². The second kappa shape index (κ2) is 9.32. The first-order valence-corrected chi connectivity index (χ1v) is 10.8. The molecule has 0 bridgehead atoms. The Kier molecular flexibility index (Phi) is 6.34. The normalized spacial score (nSPS) is 18.3. The average Bonchev–Trinajstić information content (AvgIpc) is 2.82. The highest BCUT2D eigenvalue weighted by molar-refractivity contribution is 5.78. The van der Waals surface area contributed by atoms with Gasteiger partial charge in [0.15, 0.2) is 6.61 Å². The van der Waals surface area contributed by atoms with Crippen molar-refractivity contribution in [3.05, 3.63) is 47.4 Å². The SMILES string of the molecule is CNc1nc(C2CCCN(C(C)=O)C2)nc2c1CCN(C(=O)COc1ccccc1)C2. The third kappa shape index (κ3) is 4.78. The number of fused-ring (bicyclic) bond motifs is 1. The number of piperidine rings is 1. The minimum Gasteiger partial charge on any atom is -0.484 e. The molecule has 1 aromatic carbocycles. The van der Waals surface area contributed by atoms with E-state index in [-0.39, 0.29) is 24.3 Å². The van der Waals surface area contributed by atoms with E-state index in [1.807, 2.05) is 42.3 Å². The number of anilines is 1. The van der Waals surface area contributed by atoms with Gasteiger partial charge in [-0.2, -0.15) is 0 Å². The number of ether oxygens (including phenoxy) is 1. The maximum absolute atomic E-state index is 12.7. The van der Waals surface area contributed by atoms with Crippen molar-refractivity contribution in [3.8, 4) is 5.75 Å². The second-order valence-corrected chi connectivity index (χ2v) is 8.08. The predicted octanol–water partition coefficient (Wildman–Crippen LogP) is 2.21. The molecule has 2 aliphatic heterocycles. The summed E-state index contributed by atoms with van der Waals surface area (Å²) in [4.78, 5) is 37.9. The second-order valence-electron chi connectivity index (χ2n) is 8.08. The summed E-state index contributed by atoms with van der Waals surface area (Å²) < 4.78 is 5.63. The highest BCUT2D eigenvalue weighted by Gasteiger charge is 2.29. The van der Waals surface area contributed by atoms with Crippen molar-refractivity contribution < 1.29 is 14.3 Å². The van der Waals surface area contributed by atoms with E-state index in [1.54, 1.807) is 11.8 Å². The van der Waals surface area contributed by atoms with Crippen LogP contribution in [0.15, 0.2) is 30.3 Å². The van der Waals surface area contributed by atoms with Crippen LogP contribution in [-0.2, 0) is 22.6 Å². The summed E-state index contributed by atoms with van der Waals surface area (Å²) in [5, 5.41) is 3.20. The molecular formula is C23H29N5O3. The van der Waals surface area contributed by atoms with Crippen LogP contribution in [0.2, 0.25) is 0 Å². The summed E-state index contributed by atoms with van der Waals surface area (Å²) in [6.07, 6.45) is 2.60. The van der Waals surface area contributed by atoms with Crippen molar-refractivity contribution >= 4 is 17.6 Å². The van der Waals surface area contributed by atoms with Gasteiger partial charge in [0.2, 0.25) is 5.91 Å². The molecule has 8 nitrogen and oxygen atoms in total. The Hall–Kier alpha value is -3.16. The molecular weight excluding hydrogens is 394 g/mol. The van der Waals surface area contributed by atoms with Gasteiger partial charge >= 0.3 is 0 Å². The molecule has 0 radical (unpaired) electrons. The molecule has 2 aliphatic rings. The van der Waals surface area contributed by atoms with Gasteiger partial charge in [-0.1, -0.05) is 18.2 Å². The molecule has 0 spiro atoms. The lowest BCUT2D eigenvalue weighted by molar-refractivity contribution is -0.134. The third-order valence-corrected chi connectivity index (χ3v) is 6.01. The molecule has 1 aromatic heterocycles. The number of hydrogen-bond donors (Lipinski definition) is 1. The van der Waals surface area contributed by atoms with Crippen LogP contribution in [0.4, 0.5) is 5.82 Å². The van der Waals surface area contributed by atoms with E-state index in [1.165, 1.54) is 0 Å². The van der Waals surface area contributed by atoms with Gasteiger partial charge in [0.05, 0.1) is 12.2 Å². The van der Waals surface area contributed by atoms with Crippen LogP contribution >= 0.6 is 0 Å². The van der Waals surface area contributed by atoms with Gasteiger partial charge in [0.25, 0.3) is 5.91 Å². The molecule has 1 atom stereocenters. The Bertz CT molecular complexity index is 950. The number of rotatable bonds is 5. The Balaban J connectivity index is 1.49.